The third-order valence-electron chi connectivity index (χ3n) is 5.59. The maximum Gasteiger partial charge on any atom is 0.573 e. The largest absolute Gasteiger partial charge is 0.573 e. The van der Waals surface area contributed by atoms with E-state index in [9.17, 15) is 21.6 Å². The Morgan fingerprint density at radius 2 is 1.69 bits per heavy atom. The second-order valence-electron chi connectivity index (χ2n) is 8.51. The zero-order chi connectivity index (χ0) is 28.2. The number of nitrogens with zero attached hydrogens (tertiary/aromatic N) is 4. The Labute approximate surface area is 228 Å². The van der Waals surface area contributed by atoms with Crippen molar-refractivity contribution in [3.8, 4) is 5.75 Å². The molecule has 4 rings (SSSR count). The third-order valence-corrected chi connectivity index (χ3v) is 7.12. The summed E-state index contributed by atoms with van der Waals surface area (Å²) in [7, 11) is -4.41. The van der Waals surface area contributed by atoms with Crippen LogP contribution in [0.1, 0.15) is 30.4 Å². The van der Waals surface area contributed by atoms with Crippen LogP contribution in [-0.2, 0) is 10.0 Å². The fraction of sp³-hybridized carbons (Fsp3) is 0.192. The molecule has 1 unspecified atom stereocenters. The number of alkyl halides is 3. The van der Waals surface area contributed by atoms with E-state index in [1.165, 1.54) is 11.9 Å². The number of sulfonamides is 1. The summed E-state index contributed by atoms with van der Waals surface area (Å²) in [6.07, 6.45) is -4.36. The predicted molar refractivity (Wildman–Crippen MR) is 144 cm³/mol. The van der Waals surface area contributed by atoms with Gasteiger partial charge in [0.25, 0.3) is 16.0 Å². The van der Waals surface area contributed by atoms with Gasteiger partial charge in [0.15, 0.2) is 0 Å². The Morgan fingerprint density at radius 1 is 1.05 bits per heavy atom. The minimum atomic E-state index is -4.91. The number of ether oxygens (including phenoxy) is 1. The highest BCUT2D eigenvalue weighted by Gasteiger charge is 2.32. The van der Waals surface area contributed by atoms with Crippen LogP contribution >= 0.6 is 11.6 Å². The molecule has 1 heterocycles. The SMILES string of the molecule is CC(N)=NC(=NS(=O)(=O)c1ccc(OC(F)(F)F)cc1)N1CCC(c2ccccc2)C(c2ccc(Cl)cc2)=N1. The van der Waals surface area contributed by atoms with Crippen molar-refractivity contribution in [3.05, 3.63) is 95.0 Å². The van der Waals surface area contributed by atoms with Crippen molar-refractivity contribution in [3.63, 3.8) is 0 Å². The number of hydrazone groups is 1. The van der Waals surface area contributed by atoms with Crippen LogP contribution in [0, 0.1) is 0 Å². The van der Waals surface area contributed by atoms with E-state index >= 15 is 0 Å². The summed E-state index contributed by atoms with van der Waals surface area (Å²) in [6.45, 7) is 1.73. The molecule has 204 valence electrons. The van der Waals surface area contributed by atoms with Gasteiger partial charge in [-0.3, -0.25) is 0 Å². The van der Waals surface area contributed by atoms with E-state index in [4.69, 9.17) is 22.4 Å². The van der Waals surface area contributed by atoms with Gasteiger partial charge in [0.05, 0.1) is 16.4 Å². The van der Waals surface area contributed by atoms with Crippen molar-refractivity contribution in [2.75, 3.05) is 6.54 Å². The summed E-state index contributed by atoms with van der Waals surface area (Å²) in [5.41, 5.74) is 8.22. The maximum absolute atomic E-state index is 13.1. The summed E-state index contributed by atoms with van der Waals surface area (Å²) >= 11 is 6.08. The van der Waals surface area contributed by atoms with Crippen LogP contribution in [0.4, 0.5) is 13.2 Å². The topological polar surface area (TPSA) is 110 Å². The van der Waals surface area contributed by atoms with Crippen LogP contribution < -0.4 is 10.5 Å². The molecule has 0 fully saturated rings. The Hall–Kier alpha value is -3.90. The van der Waals surface area contributed by atoms with Crippen LogP contribution in [0.5, 0.6) is 5.75 Å². The van der Waals surface area contributed by atoms with E-state index in [1.54, 1.807) is 12.1 Å². The van der Waals surface area contributed by atoms with Gasteiger partial charge in [-0.05, 0) is 60.9 Å². The van der Waals surface area contributed by atoms with E-state index in [1.807, 2.05) is 42.5 Å². The minimum absolute atomic E-state index is 0.0336. The number of benzene rings is 3. The number of aliphatic imine (C=N–C) groups is 1. The van der Waals surface area contributed by atoms with Crippen molar-refractivity contribution in [2.45, 2.75) is 30.5 Å². The Morgan fingerprint density at radius 3 is 2.28 bits per heavy atom. The molecule has 1 atom stereocenters. The molecule has 0 aromatic heterocycles. The average molecular weight is 578 g/mol. The van der Waals surface area contributed by atoms with Crippen LogP contribution in [0.15, 0.2) is 98.2 Å². The molecule has 0 radical (unpaired) electrons. The first-order chi connectivity index (χ1) is 18.4. The molecule has 8 nitrogen and oxygen atoms in total. The van der Waals surface area contributed by atoms with Gasteiger partial charge in [0, 0.05) is 17.5 Å². The molecule has 1 aliphatic heterocycles. The number of hydrogen-bond acceptors (Lipinski definition) is 4. The highest BCUT2D eigenvalue weighted by atomic mass is 35.5. The van der Waals surface area contributed by atoms with Gasteiger partial charge < -0.3 is 10.5 Å². The van der Waals surface area contributed by atoms with Crippen molar-refractivity contribution in [1.82, 2.24) is 5.01 Å². The van der Waals surface area contributed by atoms with Crippen molar-refractivity contribution < 1.29 is 26.3 Å². The highest BCUT2D eigenvalue weighted by molar-refractivity contribution is 7.90. The number of nitrogens with two attached hydrogens (primary N) is 1. The Kier molecular flexibility index (Phi) is 8.26. The van der Waals surface area contributed by atoms with Gasteiger partial charge >= 0.3 is 6.36 Å². The number of amidine groups is 1. The zero-order valence-electron chi connectivity index (χ0n) is 20.5. The van der Waals surface area contributed by atoms with Gasteiger partial charge in [-0.1, -0.05) is 54.1 Å². The molecular weight excluding hydrogens is 555 g/mol. The first kappa shape index (κ1) is 28.1. The molecule has 3 aromatic rings. The highest BCUT2D eigenvalue weighted by Crippen LogP contribution is 2.31. The zero-order valence-corrected chi connectivity index (χ0v) is 22.1. The van der Waals surface area contributed by atoms with Gasteiger partial charge in [0.2, 0.25) is 0 Å². The monoisotopic (exact) mass is 577 g/mol. The third kappa shape index (κ3) is 7.36. The molecule has 39 heavy (non-hydrogen) atoms. The summed E-state index contributed by atoms with van der Waals surface area (Å²) in [5, 5.41) is 6.62. The van der Waals surface area contributed by atoms with E-state index in [0.29, 0.717) is 17.2 Å². The molecule has 0 bridgehead atoms. The lowest BCUT2D eigenvalue weighted by molar-refractivity contribution is -0.274. The van der Waals surface area contributed by atoms with Crippen LogP contribution in [0.25, 0.3) is 0 Å². The standard InChI is InChI=1S/C26H23ClF3N5O3S/c1-17(31)32-25(34-39(36,37)22-13-11-21(12-14-22)38-26(28,29)30)35-16-15-23(18-5-3-2-4-6-18)24(33-35)19-7-9-20(27)10-8-19/h2-14,23H,15-16H2,1H3,(H2,31,32,34). The van der Waals surface area contributed by atoms with Crippen molar-refractivity contribution >= 4 is 39.1 Å². The first-order valence-electron chi connectivity index (χ1n) is 11.6. The molecule has 0 spiro atoms. The summed E-state index contributed by atoms with van der Waals surface area (Å²) in [4.78, 5) is 3.75. The normalized spacial score (nSPS) is 17.1. The van der Waals surface area contributed by atoms with Gasteiger partial charge in [-0.15, -0.1) is 17.6 Å². The molecule has 0 amide bonds. The molecule has 3 aromatic carbocycles. The minimum Gasteiger partial charge on any atom is -0.406 e. The van der Waals surface area contributed by atoms with E-state index in [0.717, 1.165) is 35.4 Å². The predicted octanol–water partition coefficient (Wildman–Crippen LogP) is 5.55. The summed E-state index contributed by atoms with van der Waals surface area (Å²) < 4.78 is 71.2. The Balaban J connectivity index is 1.75. The number of rotatable bonds is 5. The van der Waals surface area contributed by atoms with Crippen LogP contribution in [0.2, 0.25) is 5.02 Å². The van der Waals surface area contributed by atoms with Gasteiger partial charge in [0.1, 0.15) is 5.75 Å². The van der Waals surface area contributed by atoms with Crippen LogP contribution in [-0.4, -0.2) is 43.8 Å². The van der Waals surface area contributed by atoms with Crippen LogP contribution in [0.3, 0.4) is 0 Å². The van der Waals surface area contributed by atoms with E-state index < -0.39 is 22.1 Å². The fourth-order valence-corrected chi connectivity index (χ4v) is 4.99. The number of halogens is 4. The molecule has 0 saturated carbocycles. The molecule has 0 saturated heterocycles. The summed E-state index contributed by atoms with van der Waals surface area (Å²) in [5.74, 6) is -0.929. The van der Waals surface area contributed by atoms with Gasteiger partial charge in [-0.25, -0.2) is 5.01 Å². The molecule has 13 heteroatoms. The second kappa shape index (κ2) is 11.5. The molecule has 1 aliphatic rings. The van der Waals surface area contributed by atoms with Gasteiger partial charge in [-0.2, -0.15) is 18.5 Å². The maximum atomic E-state index is 13.1. The lowest BCUT2D eigenvalue weighted by Gasteiger charge is -2.30. The van der Waals surface area contributed by atoms with Crippen molar-refractivity contribution in [2.24, 2.45) is 20.2 Å². The molecule has 0 aliphatic carbocycles. The number of hydrogen-bond donors (Lipinski definition) is 1. The smallest absolute Gasteiger partial charge is 0.406 e. The lowest BCUT2D eigenvalue weighted by atomic mass is 9.86. The second-order valence-corrected chi connectivity index (χ2v) is 10.5. The molecule has 2 N–H and O–H groups in total. The van der Waals surface area contributed by atoms with E-state index in [2.05, 4.69) is 14.1 Å². The average Bonchev–Trinajstić information content (AvgIpc) is 2.88. The fourth-order valence-electron chi connectivity index (χ4n) is 3.93. The lowest BCUT2D eigenvalue weighted by Crippen LogP contribution is -2.36. The quantitative estimate of drug-likeness (QED) is 0.316. The first-order valence-corrected chi connectivity index (χ1v) is 13.4. The van der Waals surface area contributed by atoms with Crippen molar-refractivity contribution in [1.29, 1.82) is 0 Å². The Bertz CT molecular complexity index is 1510. The molecular formula is C26H23ClF3N5O3S. The summed E-state index contributed by atoms with van der Waals surface area (Å²) in [6, 6.07) is 20.5. The number of guanidine groups is 1. The van der Waals surface area contributed by atoms with E-state index in [-0.39, 0.29) is 29.2 Å².